The maximum atomic E-state index is 9.22. The number of aliphatic hydroxyl groups excluding tert-OH is 1. The van der Waals surface area contributed by atoms with Gasteiger partial charge in [-0.25, -0.2) is 0 Å². The monoisotopic (exact) mass is 218 g/mol. The van der Waals surface area contributed by atoms with Crippen LogP contribution in [0.3, 0.4) is 0 Å². The van der Waals surface area contributed by atoms with Gasteiger partial charge in [0.05, 0.1) is 19.3 Å². The van der Waals surface area contributed by atoms with E-state index in [1.807, 2.05) is 6.92 Å². The van der Waals surface area contributed by atoms with E-state index >= 15 is 0 Å². The average molecular weight is 218 g/mol. The van der Waals surface area contributed by atoms with Crippen LogP contribution in [0.25, 0.3) is 0 Å². The third-order valence-electron chi connectivity index (χ3n) is 2.44. The molecular weight excluding hydrogens is 196 g/mol. The molecule has 1 aliphatic heterocycles. The Labute approximate surface area is 91.5 Å². The zero-order valence-corrected chi connectivity index (χ0v) is 9.48. The Morgan fingerprint density at radius 2 is 2.13 bits per heavy atom. The summed E-state index contributed by atoms with van der Waals surface area (Å²) in [6.45, 7) is 2.80. The molecule has 1 heterocycles. The Morgan fingerprint density at radius 1 is 1.33 bits per heavy atom. The normalized spacial score (nSPS) is 24.0. The van der Waals surface area contributed by atoms with Crippen LogP contribution >= 0.6 is 0 Å². The first-order valence-electron chi connectivity index (χ1n) is 5.85. The first-order chi connectivity index (χ1) is 7.33. The molecule has 0 amide bonds. The van der Waals surface area contributed by atoms with E-state index in [1.165, 1.54) is 12.8 Å². The fraction of sp³-hybridized carbons (Fsp3) is 1.00. The fourth-order valence-electron chi connectivity index (χ4n) is 1.60. The second-order valence-electron chi connectivity index (χ2n) is 3.83. The van der Waals surface area contributed by atoms with Crippen molar-refractivity contribution in [3.63, 3.8) is 0 Å². The average Bonchev–Trinajstić information content (AvgIpc) is 2.28. The van der Waals surface area contributed by atoms with Gasteiger partial charge in [-0.2, -0.15) is 0 Å². The lowest BCUT2D eigenvalue weighted by Gasteiger charge is -2.22. The largest absolute Gasteiger partial charge is 0.378 e. The highest BCUT2D eigenvalue weighted by atomic mass is 16.8. The van der Waals surface area contributed by atoms with E-state index in [1.54, 1.807) is 0 Å². The molecule has 4 nitrogen and oxygen atoms in total. The maximum Gasteiger partial charge on any atom is 0.269 e. The van der Waals surface area contributed by atoms with Crippen molar-refractivity contribution >= 4 is 0 Å². The molecule has 0 aromatic heterocycles. The molecule has 15 heavy (non-hydrogen) atoms. The molecule has 2 atom stereocenters. The minimum atomic E-state index is -1.08. The van der Waals surface area contributed by atoms with Crippen molar-refractivity contribution in [2.75, 3.05) is 19.8 Å². The van der Waals surface area contributed by atoms with Gasteiger partial charge in [-0.15, -0.1) is 0 Å². The quantitative estimate of drug-likeness (QED) is 0.660. The number of hydrogen-bond acceptors (Lipinski definition) is 4. The van der Waals surface area contributed by atoms with Gasteiger partial charge < -0.3 is 19.3 Å². The van der Waals surface area contributed by atoms with E-state index in [2.05, 4.69) is 0 Å². The Kier molecular flexibility index (Phi) is 6.92. The molecule has 2 unspecified atom stereocenters. The molecular formula is C11H22O4. The summed E-state index contributed by atoms with van der Waals surface area (Å²) < 4.78 is 15.6. The zero-order chi connectivity index (χ0) is 10.9. The van der Waals surface area contributed by atoms with Crippen molar-refractivity contribution in [3.8, 4) is 0 Å². The van der Waals surface area contributed by atoms with Crippen LogP contribution in [0.4, 0.5) is 0 Å². The Balaban J connectivity index is 1.94. The van der Waals surface area contributed by atoms with Crippen LogP contribution < -0.4 is 0 Å². The number of rotatable bonds is 7. The molecule has 0 aromatic carbocycles. The second-order valence-corrected chi connectivity index (χ2v) is 3.83. The van der Waals surface area contributed by atoms with Gasteiger partial charge in [0.15, 0.2) is 0 Å². The molecule has 0 saturated carbocycles. The Hall–Kier alpha value is -0.160. The molecule has 1 rings (SSSR count). The highest BCUT2D eigenvalue weighted by Crippen LogP contribution is 2.15. The molecule has 1 fully saturated rings. The third-order valence-corrected chi connectivity index (χ3v) is 2.44. The van der Waals surface area contributed by atoms with Gasteiger partial charge in [0.2, 0.25) is 0 Å². The summed E-state index contributed by atoms with van der Waals surface area (Å²) in [5.74, 6) is 0. The van der Waals surface area contributed by atoms with Crippen molar-refractivity contribution < 1.29 is 19.3 Å². The van der Waals surface area contributed by atoms with Gasteiger partial charge in [0.25, 0.3) is 6.48 Å². The molecule has 4 heteroatoms. The van der Waals surface area contributed by atoms with E-state index < -0.39 is 6.48 Å². The SMILES string of the molecule is CCCOC(O)OCCC1CCCCO1. The lowest BCUT2D eigenvalue weighted by Crippen LogP contribution is -2.23. The number of aliphatic hydroxyl groups is 1. The van der Waals surface area contributed by atoms with Crippen molar-refractivity contribution in [3.05, 3.63) is 0 Å². The van der Waals surface area contributed by atoms with E-state index in [0.29, 0.717) is 19.3 Å². The van der Waals surface area contributed by atoms with Crippen LogP contribution in [-0.2, 0) is 14.2 Å². The molecule has 0 radical (unpaired) electrons. The number of hydrogen-bond donors (Lipinski definition) is 1. The Bertz CT molecular complexity index is 146. The van der Waals surface area contributed by atoms with Crippen molar-refractivity contribution in [2.24, 2.45) is 0 Å². The number of ether oxygens (including phenoxy) is 3. The molecule has 0 spiro atoms. The van der Waals surface area contributed by atoms with Gasteiger partial charge in [-0.05, 0) is 32.1 Å². The van der Waals surface area contributed by atoms with Crippen molar-refractivity contribution in [1.82, 2.24) is 0 Å². The lowest BCUT2D eigenvalue weighted by atomic mass is 10.1. The van der Waals surface area contributed by atoms with Gasteiger partial charge in [0, 0.05) is 6.61 Å². The smallest absolute Gasteiger partial charge is 0.269 e. The van der Waals surface area contributed by atoms with Crippen LogP contribution in [-0.4, -0.2) is 37.5 Å². The standard InChI is InChI=1S/C11H22O4/c1-2-7-14-11(12)15-9-6-10-5-3-4-8-13-10/h10-12H,2-9H2,1H3. The summed E-state index contributed by atoms with van der Waals surface area (Å²) in [5.41, 5.74) is 0. The molecule has 1 aliphatic rings. The second kappa shape index (κ2) is 8.05. The maximum absolute atomic E-state index is 9.22. The third kappa shape index (κ3) is 6.10. The Morgan fingerprint density at radius 3 is 2.80 bits per heavy atom. The molecule has 1 N–H and O–H groups in total. The first-order valence-corrected chi connectivity index (χ1v) is 5.85. The minimum Gasteiger partial charge on any atom is -0.378 e. The van der Waals surface area contributed by atoms with E-state index in [9.17, 15) is 5.11 Å². The van der Waals surface area contributed by atoms with Crippen LogP contribution in [0.2, 0.25) is 0 Å². The van der Waals surface area contributed by atoms with E-state index in [0.717, 1.165) is 25.9 Å². The van der Waals surface area contributed by atoms with Gasteiger partial charge in [-0.1, -0.05) is 6.92 Å². The molecule has 0 aliphatic carbocycles. The van der Waals surface area contributed by atoms with Crippen LogP contribution in [0.15, 0.2) is 0 Å². The predicted octanol–water partition coefficient (Wildman–Crippen LogP) is 1.66. The van der Waals surface area contributed by atoms with Crippen LogP contribution in [0.1, 0.15) is 39.0 Å². The minimum absolute atomic E-state index is 0.303. The summed E-state index contributed by atoms with van der Waals surface area (Å²) >= 11 is 0. The van der Waals surface area contributed by atoms with E-state index in [4.69, 9.17) is 14.2 Å². The first kappa shape index (κ1) is 12.9. The fourth-order valence-corrected chi connectivity index (χ4v) is 1.60. The lowest BCUT2D eigenvalue weighted by molar-refractivity contribution is -0.264. The van der Waals surface area contributed by atoms with Crippen molar-refractivity contribution in [2.45, 2.75) is 51.6 Å². The highest BCUT2D eigenvalue weighted by molar-refractivity contribution is 4.62. The van der Waals surface area contributed by atoms with Gasteiger partial charge in [0.1, 0.15) is 0 Å². The molecule has 1 saturated heterocycles. The van der Waals surface area contributed by atoms with Crippen LogP contribution in [0.5, 0.6) is 0 Å². The zero-order valence-electron chi connectivity index (χ0n) is 9.48. The van der Waals surface area contributed by atoms with Crippen LogP contribution in [0, 0.1) is 0 Å². The van der Waals surface area contributed by atoms with E-state index in [-0.39, 0.29) is 0 Å². The van der Waals surface area contributed by atoms with Gasteiger partial charge >= 0.3 is 0 Å². The van der Waals surface area contributed by atoms with Crippen molar-refractivity contribution in [1.29, 1.82) is 0 Å². The molecule has 90 valence electrons. The summed E-state index contributed by atoms with van der Waals surface area (Å²) in [7, 11) is 0. The topological polar surface area (TPSA) is 47.9 Å². The summed E-state index contributed by atoms with van der Waals surface area (Å²) in [6.07, 6.45) is 5.53. The predicted molar refractivity (Wildman–Crippen MR) is 56.4 cm³/mol. The highest BCUT2D eigenvalue weighted by Gasteiger charge is 2.14. The summed E-state index contributed by atoms with van der Waals surface area (Å²) in [4.78, 5) is 0. The summed E-state index contributed by atoms with van der Waals surface area (Å²) in [6, 6.07) is 0. The van der Waals surface area contributed by atoms with Gasteiger partial charge in [-0.3, -0.25) is 0 Å². The molecule has 0 bridgehead atoms. The summed E-state index contributed by atoms with van der Waals surface area (Å²) in [5, 5.41) is 9.22. The molecule has 0 aromatic rings.